The maximum atomic E-state index is 12.2. The van der Waals surface area contributed by atoms with Crippen LogP contribution in [0, 0.1) is 6.92 Å². The van der Waals surface area contributed by atoms with Crippen molar-refractivity contribution in [2.45, 2.75) is 11.1 Å². The molecule has 2 heterocycles. The molecular weight excluding hydrogens is 308 g/mol. The minimum atomic E-state index is -3.53. The Morgan fingerprint density at radius 3 is 2.48 bits per heavy atom. The predicted octanol–water partition coefficient (Wildman–Crippen LogP) is 2.64. The van der Waals surface area contributed by atoms with Gasteiger partial charge in [-0.15, -0.1) is 11.3 Å². The fourth-order valence-electron chi connectivity index (χ4n) is 1.80. The molecule has 8 heteroatoms. The van der Waals surface area contributed by atoms with Crippen LogP contribution < -0.4 is 4.72 Å². The number of hydrogen-bond acceptors (Lipinski definition) is 5. The molecule has 1 aromatic carbocycles. The number of aromatic amines is 1. The van der Waals surface area contributed by atoms with Gasteiger partial charge in [0, 0.05) is 16.1 Å². The second-order valence-corrected chi connectivity index (χ2v) is 7.58. The molecule has 21 heavy (non-hydrogen) atoms. The number of nitrogens with zero attached hydrogens (tertiary/aromatic N) is 2. The Morgan fingerprint density at radius 2 is 1.90 bits per heavy atom. The highest BCUT2D eigenvalue weighted by molar-refractivity contribution is 7.94. The second kappa shape index (κ2) is 5.30. The van der Waals surface area contributed by atoms with Crippen molar-refractivity contribution < 1.29 is 8.42 Å². The maximum Gasteiger partial charge on any atom is 0.271 e. The van der Waals surface area contributed by atoms with E-state index in [0.717, 1.165) is 10.4 Å². The Kier molecular flexibility index (Phi) is 3.48. The summed E-state index contributed by atoms with van der Waals surface area (Å²) in [5, 5.41) is 6.53. The zero-order valence-electron chi connectivity index (χ0n) is 11.1. The van der Waals surface area contributed by atoms with Crippen molar-refractivity contribution in [1.29, 1.82) is 0 Å². The molecule has 0 radical (unpaired) electrons. The maximum absolute atomic E-state index is 12.2. The van der Waals surface area contributed by atoms with Crippen LogP contribution >= 0.6 is 11.3 Å². The highest BCUT2D eigenvalue weighted by atomic mass is 32.2. The molecule has 2 aromatic heterocycles. The lowest BCUT2D eigenvalue weighted by atomic mass is 10.2. The average molecular weight is 320 g/mol. The lowest BCUT2D eigenvalue weighted by Crippen LogP contribution is -2.11. The average Bonchev–Trinajstić information content (AvgIpc) is 3.10. The van der Waals surface area contributed by atoms with E-state index in [4.69, 9.17) is 0 Å². The first-order valence-electron chi connectivity index (χ1n) is 6.10. The molecule has 0 spiro atoms. The van der Waals surface area contributed by atoms with Crippen LogP contribution in [0.25, 0.3) is 11.4 Å². The molecule has 3 rings (SSSR count). The van der Waals surface area contributed by atoms with E-state index < -0.39 is 10.0 Å². The molecule has 0 atom stereocenters. The van der Waals surface area contributed by atoms with Gasteiger partial charge in [-0.1, -0.05) is 0 Å². The number of rotatable bonds is 4. The largest absolute Gasteiger partial charge is 0.279 e. The number of sulfonamides is 1. The topological polar surface area (TPSA) is 87.7 Å². The van der Waals surface area contributed by atoms with Crippen molar-refractivity contribution in [3.05, 3.63) is 47.6 Å². The van der Waals surface area contributed by atoms with Crippen LogP contribution in [0.5, 0.6) is 0 Å². The van der Waals surface area contributed by atoms with Gasteiger partial charge in [0.1, 0.15) is 10.5 Å². The van der Waals surface area contributed by atoms with E-state index in [9.17, 15) is 8.42 Å². The Bertz CT molecular complexity index is 837. The number of hydrogen-bond donors (Lipinski definition) is 2. The Labute approximate surface area is 125 Å². The minimum absolute atomic E-state index is 0.305. The molecule has 6 nitrogen and oxygen atoms in total. The Hall–Kier alpha value is -2.19. The summed E-state index contributed by atoms with van der Waals surface area (Å²) in [6, 6.07) is 10.3. The van der Waals surface area contributed by atoms with E-state index in [-0.39, 0.29) is 0 Å². The van der Waals surface area contributed by atoms with Gasteiger partial charge in [-0.05, 0) is 43.3 Å². The molecule has 0 aliphatic rings. The summed E-state index contributed by atoms with van der Waals surface area (Å²) in [5.41, 5.74) is 1.34. The first-order valence-corrected chi connectivity index (χ1v) is 8.40. The summed E-state index contributed by atoms with van der Waals surface area (Å²) in [6.45, 7) is 1.87. The molecule has 0 unspecified atom stereocenters. The number of anilines is 1. The van der Waals surface area contributed by atoms with Crippen molar-refractivity contribution >= 4 is 27.0 Å². The van der Waals surface area contributed by atoms with Crippen LogP contribution in [0.15, 0.2) is 46.9 Å². The monoisotopic (exact) mass is 320 g/mol. The second-order valence-electron chi connectivity index (χ2n) is 4.38. The first kappa shape index (κ1) is 13.8. The van der Waals surface area contributed by atoms with E-state index in [1.165, 1.54) is 17.7 Å². The predicted molar refractivity (Wildman–Crippen MR) is 81.7 cm³/mol. The number of nitrogens with one attached hydrogen (secondary N) is 2. The third kappa shape index (κ3) is 2.96. The van der Waals surface area contributed by atoms with E-state index in [1.54, 1.807) is 36.4 Å². The third-order valence-corrected chi connectivity index (χ3v) is 5.68. The van der Waals surface area contributed by atoms with Crippen molar-refractivity contribution in [2.24, 2.45) is 0 Å². The molecular formula is C13H12N4O2S2. The minimum Gasteiger partial charge on any atom is -0.279 e. The molecule has 0 aliphatic heterocycles. The fourth-order valence-corrected chi connectivity index (χ4v) is 4.14. The van der Waals surface area contributed by atoms with Gasteiger partial charge in [0.15, 0.2) is 5.82 Å². The normalized spacial score (nSPS) is 11.5. The van der Waals surface area contributed by atoms with Crippen LogP contribution in [-0.4, -0.2) is 23.6 Å². The Balaban J connectivity index is 1.82. The summed E-state index contributed by atoms with van der Waals surface area (Å²) in [7, 11) is -3.53. The van der Waals surface area contributed by atoms with Crippen LogP contribution in [0.2, 0.25) is 0 Å². The van der Waals surface area contributed by atoms with Crippen LogP contribution in [0.4, 0.5) is 5.69 Å². The van der Waals surface area contributed by atoms with E-state index in [1.807, 2.05) is 6.92 Å². The highest BCUT2D eigenvalue weighted by Gasteiger charge is 2.16. The smallest absolute Gasteiger partial charge is 0.271 e. The van der Waals surface area contributed by atoms with Gasteiger partial charge in [0.05, 0.1) is 0 Å². The number of thiophene rings is 1. The van der Waals surface area contributed by atoms with Crippen LogP contribution in [-0.2, 0) is 10.0 Å². The molecule has 0 saturated heterocycles. The van der Waals surface area contributed by atoms with Gasteiger partial charge in [-0.25, -0.2) is 13.4 Å². The van der Waals surface area contributed by atoms with E-state index in [2.05, 4.69) is 19.9 Å². The molecule has 0 bridgehead atoms. The molecule has 0 saturated carbocycles. The molecule has 3 aromatic rings. The summed E-state index contributed by atoms with van der Waals surface area (Å²) in [6.07, 6.45) is 1.42. The first-order chi connectivity index (χ1) is 10.0. The Morgan fingerprint density at radius 1 is 1.14 bits per heavy atom. The molecule has 0 amide bonds. The zero-order chi connectivity index (χ0) is 14.9. The quantitative estimate of drug-likeness (QED) is 0.773. The number of aryl methyl sites for hydroxylation is 1. The standard InChI is InChI=1S/C13H12N4O2S2/c1-9-2-7-12(20-9)21(18,19)17-11-5-3-10(4-6-11)13-14-8-15-16-13/h2-8,17H,1H3,(H,14,15,16). The van der Waals surface area contributed by atoms with E-state index >= 15 is 0 Å². The number of H-pyrrole nitrogens is 1. The van der Waals surface area contributed by atoms with Crippen molar-refractivity contribution in [1.82, 2.24) is 15.2 Å². The van der Waals surface area contributed by atoms with Crippen molar-refractivity contribution in [2.75, 3.05) is 4.72 Å². The summed E-state index contributed by atoms with van der Waals surface area (Å²) < 4.78 is 27.3. The van der Waals surface area contributed by atoms with Crippen molar-refractivity contribution in [3.63, 3.8) is 0 Å². The molecule has 108 valence electrons. The van der Waals surface area contributed by atoms with Gasteiger partial charge >= 0.3 is 0 Å². The lowest BCUT2D eigenvalue weighted by molar-refractivity contribution is 0.603. The molecule has 2 N–H and O–H groups in total. The van der Waals surface area contributed by atoms with Gasteiger partial charge in [0.2, 0.25) is 0 Å². The van der Waals surface area contributed by atoms with Gasteiger partial charge in [-0.2, -0.15) is 5.10 Å². The SMILES string of the molecule is Cc1ccc(S(=O)(=O)Nc2ccc(-c3ncn[nH]3)cc2)s1. The molecule has 0 fully saturated rings. The van der Waals surface area contributed by atoms with Crippen molar-refractivity contribution in [3.8, 4) is 11.4 Å². The van der Waals surface area contributed by atoms with Gasteiger partial charge in [0.25, 0.3) is 10.0 Å². The van der Waals surface area contributed by atoms with Crippen LogP contribution in [0.3, 0.4) is 0 Å². The summed E-state index contributed by atoms with van der Waals surface area (Å²) >= 11 is 1.24. The number of aromatic nitrogens is 3. The summed E-state index contributed by atoms with van der Waals surface area (Å²) in [4.78, 5) is 4.99. The molecule has 0 aliphatic carbocycles. The highest BCUT2D eigenvalue weighted by Crippen LogP contribution is 2.24. The van der Waals surface area contributed by atoms with Gasteiger partial charge < -0.3 is 0 Å². The zero-order valence-corrected chi connectivity index (χ0v) is 12.7. The lowest BCUT2D eigenvalue weighted by Gasteiger charge is -2.06. The number of benzene rings is 1. The summed E-state index contributed by atoms with van der Waals surface area (Å²) in [5.74, 6) is 0.637. The van der Waals surface area contributed by atoms with E-state index in [0.29, 0.717) is 15.7 Å². The fraction of sp³-hybridized carbons (Fsp3) is 0.0769. The van der Waals surface area contributed by atoms with Gasteiger partial charge in [-0.3, -0.25) is 9.82 Å². The van der Waals surface area contributed by atoms with Crippen LogP contribution in [0.1, 0.15) is 4.88 Å². The third-order valence-electron chi connectivity index (χ3n) is 2.81.